The van der Waals surface area contributed by atoms with Crippen LogP contribution in [0.25, 0.3) is 0 Å². The van der Waals surface area contributed by atoms with E-state index in [9.17, 15) is 13.2 Å². The third kappa shape index (κ3) is 2.15. The van der Waals surface area contributed by atoms with Gasteiger partial charge in [0.2, 0.25) is 0 Å². The molecule has 10 heavy (non-hydrogen) atoms. The number of hydrogen-bond acceptors (Lipinski definition) is 2. The van der Waals surface area contributed by atoms with Gasteiger partial charge in [0.05, 0.1) is 0 Å². The monoisotopic (exact) mass is 170 g/mol. The molecule has 0 heterocycles. The van der Waals surface area contributed by atoms with Crippen LogP contribution < -0.4 is 5.73 Å². The van der Waals surface area contributed by atoms with E-state index >= 15 is 0 Å². The molecular weight excluding hydrogens is 169 g/mol. The molecule has 6 heteroatoms. The molecule has 0 aliphatic rings. The summed E-state index contributed by atoms with van der Waals surface area (Å²) in [7, 11) is 0. The van der Waals surface area contributed by atoms with Crippen molar-refractivity contribution in [2.45, 2.75) is 6.18 Å². The number of nitrogens with zero attached hydrogens (tertiary/aromatic N) is 1. The Hall–Kier alpha value is -0.890. The van der Waals surface area contributed by atoms with E-state index in [2.05, 4.69) is 5.73 Å². The largest absolute Gasteiger partial charge is 0.432 e. The van der Waals surface area contributed by atoms with Gasteiger partial charge in [0.15, 0.2) is 0 Å². The van der Waals surface area contributed by atoms with Gasteiger partial charge in [-0.25, -0.2) is 0 Å². The first kappa shape index (κ1) is 9.11. The van der Waals surface area contributed by atoms with Crippen molar-refractivity contribution in [1.82, 2.24) is 0 Å². The summed E-state index contributed by atoms with van der Waals surface area (Å²) in [4.78, 5) is 0. The lowest BCUT2D eigenvalue weighted by atomic mass is 10.4. The van der Waals surface area contributed by atoms with Gasteiger partial charge in [-0.3, -0.25) is 0 Å². The van der Waals surface area contributed by atoms with Crippen LogP contribution in [0.2, 0.25) is 0 Å². The Bertz CT molecular complexity index is 200. The fourth-order valence-electron chi connectivity index (χ4n) is 0.185. The summed E-state index contributed by atoms with van der Waals surface area (Å²) in [6.45, 7) is 0. The lowest BCUT2D eigenvalue weighted by Gasteiger charge is -2.04. The Balaban J connectivity index is 4.69. The van der Waals surface area contributed by atoms with Crippen molar-refractivity contribution in [2.75, 3.05) is 0 Å². The van der Waals surface area contributed by atoms with Gasteiger partial charge in [0, 0.05) is 0 Å². The fourth-order valence-corrected chi connectivity index (χ4v) is 0.292. The molecule has 0 radical (unpaired) electrons. The lowest BCUT2D eigenvalue weighted by Crippen LogP contribution is -2.20. The Kier molecular flexibility index (Phi) is 2.55. The molecule has 0 aromatic carbocycles. The van der Waals surface area contributed by atoms with Gasteiger partial charge < -0.3 is 5.73 Å². The summed E-state index contributed by atoms with van der Waals surface area (Å²) in [6, 6.07) is 1.07. The van der Waals surface area contributed by atoms with Gasteiger partial charge in [-0.1, -0.05) is 11.6 Å². The van der Waals surface area contributed by atoms with E-state index in [4.69, 9.17) is 16.9 Å². The van der Waals surface area contributed by atoms with Crippen molar-refractivity contribution in [1.29, 1.82) is 5.26 Å². The topological polar surface area (TPSA) is 49.8 Å². The van der Waals surface area contributed by atoms with Crippen LogP contribution in [0, 0.1) is 11.3 Å². The summed E-state index contributed by atoms with van der Waals surface area (Å²) in [5.41, 5.74) is 2.85. The molecule has 0 saturated heterocycles. The smallest absolute Gasteiger partial charge is 0.393 e. The van der Waals surface area contributed by atoms with Crippen LogP contribution in [0.4, 0.5) is 13.2 Å². The van der Waals surface area contributed by atoms with Gasteiger partial charge in [-0.15, -0.1) is 0 Å². The van der Waals surface area contributed by atoms with E-state index in [0.29, 0.717) is 0 Å². The van der Waals surface area contributed by atoms with Crippen molar-refractivity contribution >= 4 is 11.6 Å². The van der Waals surface area contributed by atoms with E-state index in [1.165, 1.54) is 0 Å². The van der Waals surface area contributed by atoms with E-state index in [1.807, 2.05) is 0 Å². The number of halogens is 4. The molecule has 0 aliphatic heterocycles. The van der Waals surface area contributed by atoms with Crippen molar-refractivity contribution < 1.29 is 13.2 Å². The third-order valence-corrected chi connectivity index (χ3v) is 0.928. The van der Waals surface area contributed by atoms with Crippen LogP contribution in [-0.2, 0) is 0 Å². The Morgan fingerprint density at radius 2 is 1.90 bits per heavy atom. The van der Waals surface area contributed by atoms with E-state index in [-0.39, 0.29) is 0 Å². The van der Waals surface area contributed by atoms with Crippen molar-refractivity contribution in [2.24, 2.45) is 5.73 Å². The molecule has 0 aromatic rings. The molecule has 56 valence electrons. The normalized spacial score (nSPS) is 13.9. The molecule has 0 atom stereocenters. The fraction of sp³-hybridized carbons (Fsp3) is 0.250. The predicted octanol–water partition coefficient (Wildman–Crippen LogP) is 1.48. The van der Waals surface area contributed by atoms with Crippen LogP contribution in [0.15, 0.2) is 10.7 Å². The average Bonchev–Trinajstić information content (AvgIpc) is 1.83. The van der Waals surface area contributed by atoms with Gasteiger partial charge >= 0.3 is 6.18 Å². The first-order chi connectivity index (χ1) is 4.39. The van der Waals surface area contributed by atoms with Crippen LogP contribution in [0.3, 0.4) is 0 Å². The third-order valence-electron chi connectivity index (χ3n) is 0.640. The lowest BCUT2D eigenvalue weighted by molar-refractivity contribution is -0.0928. The quantitative estimate of drug-likeness (QED) is 0.560. The molecule has 2 nitrogen and oxygen atoms in total. The zero-order valence-electron chi connectivity index (χ0n) is 4.54. The molecule has 0 spiro atoms. The number of alkyl halides is 3. The van der Waals surface area contributed by atoms with Gasteiger partial charge in [-0.2, -0.15) is 18.4 Å². The number of nitriles is 1. The first-order valence-corrected chi connectivity index (χ1v) is 2.40. The van der Waals surface area contributed by atoms with E-state index < -0.39 is 16.9 Å². The molecule has 0 amide bonds. The number of nitrogens with two attached hydrogens (primary N) is 1. The number of hydrogen-bond donors (Lipinski definition) is 1. The molecule has 0 aliphatic carbocycles. The Morgan fingerprint density at radius 3 is 2.00 bits per heavy atom. The van der Waals surface area contributed by atoms with Gasteiger partial charge in [-0.05, 0) is 0 Å². The second kappa shape index (κ2) is 2.80. The minimum atomic E-state index is -4.72. The Morgan fingerprint density at radius 1 is 1.50 bits per heavy atom. The summed E-state index contributed by atoms with van der Waals surface area (Å²) in [6.07, 6.45) is -4.72. The number of rotatable bonds is 0. The highest BCUT2D eigenvalue weighted by Gasteiger charge is 2.34. The second-order valence-corrected chi connectivity index (χ2v) is 1.72. The van der Waals surface area contributed by atoms with Gasteiger partial charge in [0.1, 0.15) is 16.8 Å². The minimum Gasteiger partial charge on any atom is -0.393 e. The zero-order chi connectivity index (χ0) is 8.36. The summed E-state index contributed by atoms with van der Waals surface area (Å²) in [5.74, 6) is 0. The molecule has 0 fully saturated rings. The van der Waals surface area contributed by atoms with Crippen LogP contribution >= 0.6 is 11.6 Å². The standard InChI is InChI=1S/C4H2ClF3N2/c5-2(1-9)3(10)4(6,7)8/h10H2. The molecule has 0 saturated carbocycles. The maximum Gasteiger partial charge on any atom is 0.432 e. The molecular formula is C4H2ClF3N2. The van der Waals surface area contributed by atoms with Crippen LogP contribution in [0.1, 0.15) is 0 Å². The predicted molar refractivity (Wildman–Crippen MR) is 28.7 cm³/mol. The zero-order valence-corrected chi connectivity index (χ0v) is 5.29. The summed E-state index contributed by atoms with van der Waals surface area (Å²) in [5, 5.41) is 6.81. The highest BCUT2D eigenvalue weighted by atomic mass is 35.5. The van der Waals surface area contributed by atoms with Crippen molar-refractivity contribution in [3.63, 3.8) is 0 Å². The molecule has 0 rings (SSSR count). The number of allylic oxidation sites excluding steroid dienone is 2. The SMILES string of the molecule is N#CC(Cl)=C(N)C(F)(F)F. The maximum absolute atomic E-state index is 11.5. The van der Waals surface area contributed by atoms with E-state index in [1.54, 1.807) is 0 Å². The second-order valence-electron chi connectivity index (χ2n) is 1.34. The minimum absolute atomic E-state index is 1.03. The highest BCUT2D eigenvalue weighted by Crippen LogP contribution is 2.24. The van der Waals surface area contributed by atoms with Crippen LogP contribution in [-0.4, -0.2) is 6.18 Å². The molecule has 0 aromatic heterocycles. The first-order valence-electron chi connectivity index (χ1n) is 2.02. The molecule has 0 bridgehead atoms. The molecule has 0 unspecified atom stereocenters. The van der Waals surface area contributed by atoms with Crippen molar-refractivity contribution in [3.05, 3.63) is 10.7 Å². The summed E-state index contributed by atoms with van der Waals surface area (Å²) < 4.78 is 34.4. The van der Waals surface area contributed by atoms with Gasteiger partial charge in [0.25, 0.3) is 0 Å². The highest BCUT2D eigenvalue weighted by molar-refractivity contribution is 6.32. The van der Waals surface area contributed by atoms with E-state index in [0.717, 1.165) is 6.07 Å². The molecule has 2 N–H and O–H groups in total. The maximum atomic E-state index is 11.5. The Labute approximate surface area is 59.7 Å². The summed E-state index contributed by atoms with van der Waals surface area (Å²) >= 11 is 4.77. The van der Waals surface area contributed by atoms with Crippen molar-refractivity contribution in [3.8, 4) is 6.07 Å². The average molecular weight is 171 g/mol. The van der Waals surface area contributed by atoms with Crippen LogP contribution in [0.5, 0.6) is 0 Å².